The zero-order valence-electron chi connectivity index (χ0n) is 10.9. The average molecular weight is 229 g/mol. The van der Waals surface area contributed by atoms with E-state index in [0.717, 1.165) is 12.5 Å². The first-order valence-electron chi connectivity index (χ1n) is 7.08. The monoisotopic (exact) mass is 229 g/mol. The molecule has 0 bridgehead atoms. The normalized spacial score (nSPS) is 33.6. The van der Waals surface area contributed by atoms with E-state index in [4.69, 9.17) is 0 Å². The van der Waals surface area contributed by atoms with E-state index in [9.17, 15) is 0 Å². The van der Waals surface area contributed by atoms with Gasteiger partial charge in [-0.25, -0.2) is 0 Å². The standard InChI is InChI=1S/C16H23N/c1-16-11-6-5-9-15(16)10-12-17(16)13-14-7-3-2-4-8-14/h2-4,7-8,15H,5-6,9-13H2,1H3/t15-,16-/m0/s1. The van der Waals surface area contributed by atoms with Crippen molar-refractivity contribution in [3.05, 3.63) is 35.9 Å². The minimum absolute atomic E-state index is 0.494. The summed E-state index contributed by atoms with van der Waals surface area (Å²) < 4.78 is 0. The van der Waals surface area contributed by atoms with Crippen molar-refractivity contribution in [2.45, 2.75) is 51.1 Å². The molecule has 1 aliphatic heterocycles. The Kier molecular flexibility index (Phi) is 2.96. The fraction of sp³-hybridized carbons (Fsp3) is 0.625. The quantitative estimate of drug-likeness (QED) is 0.744. The molecule has 1 saturated carbocycles. The molecular weight excluding hydrogens is 206 g/mol. The minimum atomic E-state index is 0.494. The van der Waals surface area contributed by atoms with Crippen LogP contribution in [0.1, 0.15) is 44.6 Å². The number of benzene rings is 1. The van der Waals surface area contributed by atoms with Crippen LogP contribution < -0.4 is 0 Å². The van der Waals surface area contributed by atoms with Crippen LogP contribution in [0.25, 0.3) is 0 Å². The molecule has 2 atom stereocenters. The Bertz CT molecular complexity index is 372. The summed E-state index contributed by atoms with van der Waals surface area (Å²) in [6, 6.07) is 11.0. The average Bonchev–Trinajstić information content (AvgIpc) is 2.68. The van der Waals surface area contributed by atoms with Gasteiger partial charge in [0.05, 0.1) is 0 Å². The van der Waals surface area contributed by atoms with Gasteiger partial charge in [-0.1, -0.05) is 43.2 Å². The zero-order valence-corrected chi connectivity index (χ0v) is 10.9. The summed E-state index contributed by atoms with van der Waals surface area (Å²) in [5, 5.41) is 0. The summed E-state index contributed by atoms with van der Waals surface area (Å²) in [5.41, 5.74) is 1.97. The van der Waals surface area contributed by atoms with Crippen molar-refractivity contribution in [1.29, 1.82) is 0 Å². The number of fused-ring (bicyclic) bond motifs is 1. The molecule has 2 fully saturated rings. The molecule has 0 spiro atoms. The lowest BCUT2D eigenvalue weighted by molar-refractivity contribution is 0.0748. The number of likely N-dealkylation sites (tertiary alicyclic amines) is 1. The van der Waals surface area contributed by atoms with Crippen LogP contribution in [0.5, 0.6) is 0 Å². The molecular formula is C16H23N. The molecule has 1 saturated heterocycles. The van der Waals surface area contributed by atoms with Crippen LogP contribution in [0.15, 0.2) is 30.3 Å². The Morgan fingerprint density at radius 2 is 2.00 bits per heavy atom. The summed E-state index contributed by atoms with van der Waals surface area (Å²) in [4.78, 5) is 2.74. The van der Waals surface area contributed by atoms with Gasteiger partial charge in [0.15, 0.2) is 0 Å². The molecule has 0 N–H and O–H groups in total. The lowest BCUT2D eigenvalue weighted by atomic mass is 9.74. The first-order chi connectivity index (χ1) is 8.29. The number of hydrogen-bond acceptors (Lipinski definition) is 1. The van der Waals surface area contributed by atoms with E-state index in [0.29, 0.717) is 5.54 Å². The van der Waals surface area contributed by atoms with E-state index in [1.54, 1.807) is 0 Å². The Labute approximate surface area is 105 Å². The van der Waals surface area contributed by atoms with Gasteiger partial charge in [-0.2, -0.15) is 0 Å². The highest BCUT2D eigenvalue weighted by molar-refractivity contribution is 5.16. The molecule has 0 amide bonds. The molecule has 1 aliphatic carbocycles. The first-order valence-corrected chi connectivity index (χ1v) is 7.08. The van der Waals surface area contributed by atoms with Gasteiger partial charge in [-0.15, -0.1) is 0 Å². The van der Waals surface area contributed by atoms with Crippen LogP contribution in [0.2, 0.25) is 0 Å². The van der Waals surface area contributed by atoms with E-state index in [2.05, 4.69) is 42.2 Å². The van der Waals surface area contributed by atoms with Gasteiger partial charge >= 0.3 is 0 Å². The number of rotatable bonds is 2. The third-order valence-electron chi connectivity index (χ3n) is 5.05. The van der Waals surface area contributed by atoms with Crippen LogP contribution in [-0.4, -0.2) is 17.0 Å². The van der Waals surface area contributed by atoms with Gasteiger partial charge in [0.25, 0.3) is 0 Å². The van der Waals surface area contributed by atoms with E-state index < -0.39 is 0 Å². The summed E-state index contributed by atoms with van der Waals surface area (Å²) in [6.45, 7) is 4.96. The van der Waals surface area contributed by atoms with E-state index in [1.807, 2.05) is 0 Å². The Hall–Kier alpha value is -0.820. The van der Waals surface area contributed by atoms with Crippen molar-refractivity contribution >= 4 is 0 Å². The van der Waals surface area contributed by atoms with E-state index >= 15 is 0 Å². The molecule has 1 heteroatoms. The third-order valence-corrected chi connectivity index (χ3v) is 5.05. The topological polar surface area (TPSA) is 3.24 Å². The SMILES string of the molecule is C[C@]12CCCC[C@H]1CCN2Cc1ccccc1. The van der Waals surface area contributed by atoms with Gasteiger partial charge in [0, 0.05) is 12.1 Å². The Morgan fingerprint density at radius 3 is 2.82 bits per heavy atom. The first kappa shape index (κ1) is 11.3. The molecule has 1 aromatic rings. The van der Waals surface area contributed by atoms with Crippen molar-refractivity contribution in [1.82, 2.24) is 4.90 Å². The number of hydrogen-bond donors (Lipinski definition) is 0. The fourth-order valence-electron chi connectivity index (χ4n) is 3.89. The molecule has 1 heterocycles. The summed E-state index contributed by atoms with van der Waals surface area (Å²) in [6.07, 6.45) is 7.17. The maximum absolute atomic E-state index is 2.74. The maximum atomic E-state index is 2.74. The van der Waals surface area contributed by atoms with Crippen LogP contribution in [0.4, 0.5) is 0 Å². The van der Waals surface area contributed by atoms with Gasteiger partial charge in [0.2, 0.25) is 0 Å². The van der Waals surface area contributed by atoms with Crippen molar-refractivity contribution < 1.29 is 0 Å². The predicted octanol–water partition coefficient (Wildman–Crippen LogP) is 3.84. The molecule has 0 radical (unpaired) electrons. The summed E-state index contributed by atoms with van der Waals surface area (Å²) >= 11 is 0. The molecule has 0 aromatic heterocycles. The van der Waals surface area contributed by atoms with Gasteiger partial charge in [-0.05, 0) is 44.2 Å². The second-order valence-corrected chi connectivity index (χ2v) is 6.00. The van der Waals surface area contributed by atoms with E-state index in [1.165, 1.54) is 44.2 Å². The van der Waals surface area contributed by atoms with Crippen molar-refractivity contribution in [3.8, 4) is 0 Å². The molecule has 2 aliphatic rings. The highest BCUT2D eigenvalue weighted by atomic mass is 15.2. The second kappa shape index (κ2) is 4.45. The summed E-state index contributed by atoms with van der Waals surface area (Å²) in [5.74, 6) is 0.958. The highest BCUT2D eigenvalue weighted by Crippen LogP contribution is 2.45. The van der Waals surface area contributed by atoms with Crippen LogP contribution in [0, 0.1) is 5.92 Å². The Balaban J connectivity index is 1.76. The van der Waals surface area contributed by atoms with Crippen LogP contribution >= 0.6 is 0 Å². The molecule has 0 unspecified atom stereocenters. The molecule has 1 nitrogen and oxygen atoms in total. The fourth-order valence-corrected chi connectivity index (χ4v) is 3.89. The van der Waals surface area contributed by atoms with Gasteiger partial charge < -0.3 is 0 Å². The molecule has 3 rings (SSSR count). The lowest BCUT2D eigenvalue weighted by Crippen LogP contribution is -2.46. The van der Waals surface area contributed by atoms with Crippen molar-refractivity contribution in [3.63, 3.8) is 0 Å². The summed E-state index contributed by atoms with van der Waals surface area (Å²) in [7, 11) is 0. The highest BCUT2D eigenvalue weighted by Gasteiger charge is 2.45. The molecule has 92 valence electrons. The predicted molar refractivity (Wildman–Crippen MR) is 71.8 cm³/mol. The largest absolute Gasteiger partial charge is 0.293 e. The van der Waals surface area contributed by atoms with Crippen molar-refractivity contribution in [2.24, 2.45) is 5.92 Å². The smallest absolute Gasteiger partial charge is 0.0239 e. The van der Waals surface area contributed by atoms with E-state index in [-0.39, 0.29) is 0 Å². The maximum Gasteiger partial charge on any atom is 0.0239 e. The Morgan fingerprint density at radius 1 is 1.18 bits per heavy atom. The van der Waals surface area contributed by atoms with Crippen molar-refractivity contribution in [2.75, 3.05) is 6.54 Å². The lowest BCUT2D eigenvalue weighted by Gasteiger charge is -2.42. The minimum Gasteiger partial charge on any atom is -0.293 e. The zero-order chi connectivity index (χ0) is 11.7. The van der Waals surface area contributed by atoms with Gasteiger partial charge in [-0.3, -0.25) is 4.90 Å². The van der Waals surface area contributed by atoms with Crippen LogP contribution in [-0.2, 0) is 6.54 Å². The van der Waals surface area contributed by atoms with Gasteiger partial charge in [0.1, 0.15) is 0 Å². The second-order valence-electron chi connectivity index (χ2n) is 6.00. The molecule has 17 heavy (non-hydrogen) atoms. The number of nitrogens with zero attached hydrogens (tertiary/aromatic N) is 1. The van der Waals surface area contributed by atoms with Crippen LogP contribution in [0.3, 0.4) is 0 Å². The third kappa shape index (κ3) is 2.01. The molecule has 1 aromatic carbocycles.